The molecule has 1 unspecified atom stereocenters. The van der Waals surface area contributed by atoms with Crippen LogP contribution in [0.2, 0.25) is 0 Å². The van der Waals surface area contributed by atoms with E-state index in [1.54, 1.807) is 0 Å². The summed E-state index contributed by atoms with van der Waals surface area (Å²) in [5.41, 5.74) is 1.66. The summed E-state index contributed by atoms with van der Waals surface area (Å²) in [7, 11) is 0. The molecule has 0 saturated heterocycles. The number of ketones is 1. The largest absolute Gasteiger partial charge is 0.295 e. The minimum absolute atomic E-state index is 0.107. The summed E-state index contributed by atoms with van der Waals surface area (Å²) in [6.07, 6.45) is 3.70. The second-order valence-electron chi connectivity index (χ2n) is 6.30. The molecule has 0 saturated carbocycles. The Morgan fingerprint density at radius 1 is 1.47 bits per heavy atom. The fourth-order valence-corrected chi connectivity index (χ4v) is 3.43. The Kier molecular flexibility index (Phi) is 3.14. The zero-order chi connectivity index (χ0) is 11.9. The molecule has 0 aliphatic heterocycles. The summed E-state index contributed by atoms with van der Waals surface area (Å²) in [5, 5.41) is 0. The normalized spacial score (nSPS) is 26.4. The lowest BCUT2D eigenvalue weighted by Crippen LogP contribution is -2.40. The average Bonchev–Trinajstić information content (AvgIpc) is 1.99. The van der Waals surface area contributed by atoms with Crippen LogP contribution in [0.4, 0.5) is 0 Å². The third kappa shape index (κ3) is 2.32. The van der Waals surface area contributed by atoms with Crippen molar-refractivity contribution < 1.29 is 4.79 Å². The zero-order valence-corrected chi connectivity index (χ0v) is 11.0. The van der Waals surface area contributed by atoms with Crippen LogP contribution in [0.1, 0.15) is 54.4 Å². The van der Waals surface area contributed by atoms with Gasteiger partial charge in [-0.15, -0.1) is 0 Å². The van der Waals surface area contributed by atoms with Crippen molar-refractivity contribution in [3.8, 4) is 0 Å². The summed E-state index contributed by atoms with van der Waals surface area (Å²) in [4.78, 5) is 11.6. The van der Waals surface area contributed by atoms with Gasteiger partial charge in [-0.05, 0) is 29.7 Å². The molecule has 1 aliphatic rings. The van der Waals surface area contributed by atoms with Crippen molar-refractivity contribution in [1.29, 1.82) is 0 Å². The molecule has 0 aromatic rings. The molecule has 0 aromatic heterocycles. The quantitative estimate of drug-likeness (QED) is 0.670. The molecular formula is C14H24O. The lowest BCUT2D eigenvalue weighted by atomic mass is 9.57. The highest BCUT2D eigenvalue weighted by molar-refractivity contribution is 5.92. The number of rotatable bonds is 2. The molecule has 1 rings (SSSR count). The van der Waals surface area contributed by atoms with Crippen molar-refractivity contribution in [2.75, 3.05) is 0 Å². The average molecular weight is 208 g/mol. The molecule has 1 aliphatic carbocycles. The molecule has 15 heavy (non-hydrogen) atoms. The Labute approximate surface area is 93.9 Å². The maximum Gasteiger partial charge on any atom is 0.156 e. The summed E-state index contributed by atoms with van der Waals surface area (Å²) < 4.78 is 0. The van der Waals surface area contributed by atoms with Gasteiger partial charge in [-0.25, -0.2) is 0 Å². The van der Waals surface area contributed by atoms with Crippen molar-refractivity contribution in [2.24, 2.45) is 16.7 Å². The van der Waals surface area contributed by atoms with E-state index in [2.05, 4.69) is 41.5 Å². The molecule has 0 bridgehead atoms. The summed E-state index contributed by atoms with van der Waals surface area (Å²) in [5.74, 6) is 0.813. The Balaban J connectivity index is 3.15. The Hall–Kier alpha value is -0.590. The first-order chi connectivity index (χ1) is 6.70. The van der Waals surface area contributed by atoms with Gasteiger partial charge in [0.25, 0.3) is 0 Å². The van der Waals surface area contributed by atoms with Crippen LogP contribution in [0.15, 0.2) is 11.6 Å². The van der Waals surface area contributed by atoms with E-state index in [4.69, 9.17) is 0 Å². The van der Waals surface area contributed by atoms with Gasteiger partial charge in [-0.2, -0.15) is 0 Å². The summed E-state index contributed by atoms with van der Waals surface area (Å²) in [6, 6.07) is 0. The third-order valence-corrected chi connectivity index (χ3v) is 3.95. The second kappa shape index (κ2) is 3.77. The highest BCUT2D eigenvalue weighted by Crippen LogP contribution is 2.50. The van der Waals surface area contributed by atoms with Crippen molar-refractivity contribution in [3.63, 3.8) is 0 Å². The number of allylic oxidation sites excluding steroid dienone is 2. The van der Waals surface area contributed by atoms with Gasteiger partial charge in [-0.3, -0.25) is 4.79 Å². The molecule has 0 aromatic carbocycles. The van der Waals surface area contributed by atoms with Gasteiger partial charge in [-0.1, -0.05) is 46.6 Å². The van der Waals surface area contributed by atoms with E-state index in [9.17, 15) is 4.79 Å². The van der Waals surface area contributed by atoms with Gasteiger partial charge in [0.15, 0.2) is 5.78 Å². The molecule has 1 heteroatoms. The number of carbonyl (C=O) groups is 1. The van der Waals surface area contributed by atoms with E-state index in [0.717, 1.165) is 6.42 Å². The van der Waals surface area contributed by atoms with Crippen molar-refractivity contribution in [3.05, 3.63) is 11.6 Å². The first-order valence-corrected chi connectivity index (χ1v) is 5.92. The Morgan fingerprint density at radius 2 is 2.00 bits per heavy atom. The summed E-state index contributed by atoms with van der Waals surface area (Å²) >= 11 is 0. The van der Waals surface area contributed by atoms with E-state index in [1.165, 1.54) is 5.57 Å². The number of carbonyl (C=O) groups excluding carboxylic acids is 1. The van der Waals surface area contributed by atoms with Crippen LogP contribution in [-0.4, -0.2) is 5.78 Å². The van der Waals surface area contributed by atoms with Crippen LogP contribution >= 0.6 is 0 Å². The minimum Gasteiger partial charge on any atom is -0.295 e. The predicted molar refractivity (Wildman–Crippen MR) is 64.7 cm³/mol. The van der Waals surface area contributed by atoms with Gasteiger partial charge in [0.05, 0.1) is 0 Å². The topological polar surface area (TPSA) is 17.1 Å². The van der Waals surface area contributed by atoms with Crippen molar-refractivity contribution >= 4 is 5.78 Å². The van der Waals surface area contributed by atoms with E-state index in [-0.39, 0.29) is 10.8 Å². The molecule has 1 atom stereocenters. The van der Waals surface area contributed by atoms with Gasteiger partial charge in [0, 0.05) is 6.42 Å². The van der Waals surface area contributed by atoms with E-state index < -0.39 is 0 Å². The van der Waals surface area contributed by atoms with Gasteiger partial charge in [0.2, 0.25) is 0 Å². The van der Waals surface area contributed by atoms with Crippen LogP contribution in [0.3, 0.4) is 0 Å². The van der Waals surface area contributed by atoms with E-state index in [0.29, 0.717) is 18.1 Å². The second-order valence-corrected chi connectivity index (χ2v) is 6.30. The van der Waals surface area contributed by atoms with Crippen LogP contribution in [0.25, 0.3) is 0 Å². The molecule has 0 fully saturated rings. The lowest BCUT2D eigenvalue weighted by molar-refractivity contribution is -0.118. The van der Waals surface area contributed by atoms with Gasteiger partial charge < -0.3 is 0 Å². The third-order valence-electron chi connectivity index (χ3n) is 3.95. The van der Waals surface area contributed by atoms with Crippen LogP contribution in [0, 0.1) is 16.7 Å². The molecular weight excluding hydrogens is 184 g/mol. The van der Waals surface area contributed by atoms with Gasteiger partial charge >= 0.3 is 0 Å². The molecule has 0 radical (unpaired) electrons. The highest BCUT2D eigenvalue weighted by Gasteiger charge is 2.43. The minimum atomic E-state index is 0.107. The fraction of sp³-hybridized carbons (Fsp3) is 0.786. The monoisotopic (exact) mass is 208 g/mol. The van der Waals surface area contributed by atoms with Crippen molar-refractivity contribution in [2.45, 2.75) is 54.4 Å². The SMILES string of the molecule is CCC(C)(C)C1C(C)=CC(=O)CC1(C)C. The molecule has 1 nitrogen and oxygen atoms in total. The predicted octanol–water partition coefficient (Wildman–Crippen LogP) is 3.98. The maximum absolute atomic E-state index is 11.6. The van der Waals surface area contributed by atoms with E-state index >= 15 is 0 Å². The fourth-order valence-electron chi connectivity index (χ4n) is 3.43. The Morgan fingerprint density at radius 3 is 2.40 bits per heavy atom. The standard InChI is InChI=1S/C14H24O/c1-7-13(3,4)12-10(2)8-11(15)9-14(12,5)6/h8,12H,7,9H2,1-6H3. The van der Waals surface area contributed by atoms with Crippen LogP contribution < -0.4 is 0 Å². The maximum atomic E-state index is 11.6. The molecule has 0 spiro atoms. The van der Waals surface area contributed by atoms with Crippen LogP contribution in [0.5, 0.6) is 0 Å². The zero-order valence-electron chi connectivity index (χ0n) is 11.0. The first kappa shape index (κ1) is 12.5. The molecule has 86 valence electrons. The lowest BCUT2D eigenvalue weighted by Gasteiger charge is -2.47. The number of hydrogen-bond donors (Lipinski definition) is 0. The molecule has 0 amide bonds. The van der Waals surface area contributed by atoms with E-state index in [1.807, 2.05) is 6.08 Å². The Bertz CT molecular complexity index is 294. The first-order valence-electron chi connectivity index (χ1n) is 5.92. The molecule has 0 N–H and O–H groups in total. The summed E-state index contributed by atoms with van der Waals surface area (Å²) in [6.45, 7) is 13.4. The van der Waals surface area contributed by atoms with Gasteiger partial charge in [0.1, 0.15) is 0 Å². The highest BCUT2D eigenvalue weighted by atomic mass is 16.1. The van der Waals surface area contributed by atoms with Crippen molar-refractivity contribution in [1.82, 2.24) is 0 Å². The van der Waals surface area contributed by atoms with Crippen LogP contribution in [-0.2, 0) is 4.79 Å². The number of hydrogen-bond acceptors (Lipinski definition) is 1. The smallest absolute Gasteiger partial charge is 0.156 e. The molecule has 0 heterocycles.